The van der Waals surface area contributed by atoms with Gasteiger partial charge in [-0.3, -0.25) is 4.79 Å². The maximum Gasteiger partial charge on any atom is 0.232 e. The zero-order valence-corrected chi connectivity index (χ0v) is 12.2. The zero-order chi connectivity index (χ0) is 12.7. The molecule has 0 heterocycles. The van der Waals surface area contributed by atoms with Crippen LogP contribution in [0.15, 0.2) is 0 Å². The van der Waals surface area contributed by atoms with Gasteiger partial charge in [0.05, 0.1) is 5.75 Å². The Labute approximate surface area is 110 Å². The van der Waals surface area contributed by atoms with Gasteiger partial charge in [-0.25, -0.2) is 0 Å². The van der Waals surface area contributed by atoms with Crippen LogP contribution < -0.4 is 5.32 Å². The average molecular weight is 258 g/mol. The van der Waals surface area contributed by atoms with Gasteiger partial charge in [-0.1, -0.05) is 13.3 Å². The summed E-state index contributed by atoms with van der Waals surface area (Å²) in [6, 6.07) is 0.677. The Morgan fingerprint density at radius 1 is 1.41 bits per heavy atom. The quantitative estimate of drug-likeness (QED) is 0.792. The molecule has 2 unspecified atom stereocenters. The molecule has 1 N–H and O–H groups in total. The minimum Gasteiger partial charge on any atom is -0.348 e. The summed E-state index contributed by atoms with van der Waals surface area (Å²) in [4.78, 5) is 13.2. The van der Waals surface area contributed by atoms with Crippen molar-refractivity contribution in [2.75, 3.05) is 26.4 Å². The molecule has 0 spiro atoms. The molecule has 0 saturated heterocycles. The van der Waals surface area contributed by atoms with Crippen LogP contribution in [0.25, 0.3) is 0 Å². The first kappa shape index (κ1) is 14.8. The molecule has 4 heteroatoms. The van der Waals surface area contributed by atoms with Crippen LogP contribution in [0.2, 0.25) is 0 Å². The van der Waals surface area contributed by atoms with Crippen molar-refractivity contribution in [3.8, 4) is 0 Å². The summed E-state index contributed by atoms with van der Waals surface area (Å²) < 4.78 is 0. The lowest BCUT2D eigenvalue weighted by molar-refractivity contribution is -0.125. The first-order valence-electron chi connectivity index (χ1n) is 6.68. The Balaban J connectivity index is 2.22. The van der Waals surface area contributed by atoms with E-state index in [9.17, 15) is 4.79 Å². The molecule has 2 atom stereocenters. The van der Waals surface area contributed by atoms with E-state index in [1.54, 1.807) is 4.90 Å². The predicted molar refractivity (Wildman–Crippen MR) is 75.5 cm³/mol. The Hall–Kier alpha value is -0.220. The molecule has 1 rings (SSSR count). The van der Waals surface area contributed by atoms with E-state index in [4.69, 9.17) is 0 Å². The molecule has 0 bridgehead atoms. The summed E-state index contributed by atoms with van der Waals surface area (Å²) >= 11 is 1.84. The summed E-state index contributed by atoms with van der Waals surface area (Å²) in [5, 5.41) is 4.27. The van der Waals surface area contributed by atoms with Crippen LogP contribution in [0.3, 0.4) is 0 Å². The SMILES string of the molecule is CCCNC1CCCC(SCC(=O)N(C)C)C1. The summed E-state index contributed by atoms with van der Waals surface area (Å²) in [5.41, 5.74) is 0. The van der Waals surface area contributed by atoms with Gasteiger partial charge in [0.25, 0.3) is 0 Å². The number of thioether (sulfide) groups is 1. The van der Waals surface area contributed by atoms with Crippen molar-refractivity contribution in [3.63, 3.8) is 0 Å². The smallest absolute Gasteiger partial charge is 0.232 e. The normalized spacial score (nSPS) is 24.6. The maximum absolute atomic E-state index is 11.5. The molecule has 0 radical (unpaired) electrons. The Morgan fingerprint density at radius 3 is 2.82 bits per heavy atom. The van der Waals surface area contributed by atoms with Gasteiger partial charge in [0.2, 0.25) is 5.91 Å². The van der Waals surface area contributed by atoms with Crippen LogP contribution in [0.1, 0.15) is 39.0 Å². The standard InChI is InChI=1S/C13H26N2OS/c1-4-8-14-11-6-5-7-12(9-11)17-10-13(16)15(2)3/h11-12,14H,4-10H2,1-3H3. The van der Waals surface area contributed by atoms with E-state index in [-0.39, 0.29) is 5.91 Å². The number of carbonyl (C=O) groups is 1. The number of amides is 1. The van der Waals surface area contributed by atoms with Gasteiger partial charge >= 0.3 is 0 Å². The number of nitrogens with zero attached hydrogens (tertiary/aromatic N) is 1. The lowest BCUT2D eigenvalue weighted by Crippen LogP contribution is -2.36. The van der Waals surface area contributed by atoms with Crippen molar-refractivity contribution in [1.29, 1.82) is 0 Å². The molecule has 3 nitrogen and oxygen atoms in total. The second kappa shape index (κ2) is 7.98. The van der Waals surface area contributed by atoms with Crippen LogP contribution in [-0.2, 0) is 4.79 Å². The highest BCUT2D eigenvalue weighted by atomic mass is 32.2. The van der Waals surface area contributed by atoms with E-state index in [0.717, 1.165) is 6.54 Å². The van der Waals surface area contributed by atoms with Crippen molar-refractivity contribution < 1.29 is 4.79 Å². The summed E-state index contributed by atoms with van der Waals surface area (Å²) in [5.74, 6) is 0.872. The van der Waals surface area contributed by atoms with Crippen molar-refractivity contribution in [2.45, 2.75) is 50.3 Å². The van der Waals surface area contributed by atoms with Gasteiger partial charge in [0.1, 0.15) is 0 Å². The second-order valence-corrected chi connectivity index (χ2v) is 6.33. The van der Waals surface area contributed by atoms with Gasteiger partial charge in [-0.15, -0.1) is 11.8 Å². The van der Waals surface area contributed by atoms with Gasteiger partial charge in [-0.2, -0.15) is 0 Å². The van der Waals surface area contributed by atoms with Crippen molar-refractivity contribution in [2.24, 2.45) is 0 Å². The minimum absolute atomic E-state index is 0.235. The molecular formula is C13H26N2OS. The molecule has 1 saturated carbocycles. The van der Waals surface area contributed by atoms with Crippen LogP contribution in [0, 0.1) is 0 Å². The Kier molecular flexibility index (Phi) is 6.97. The molecule has 1 amide bonds. The van der Waals surface area contributed by atoms with E-state index in [0.29, 0.717) is 17.0 Å². The molecule has 100 valence electrons. The Bertz CT molecular complexity index is 233. The third-order valence-electron chi connectivity index (χ3n) is 3.25. The van der Waals surface area contributed by atoms with Crippen LogP contribution in [-0.4, -0.2) is 48.5 Å². The first-order chi connectivity index (χ1) is 8.13. The van der Waals surface area contributed by atoms with Crippen LogP contribution >= 0.6 is 11.8 Å². The third-order valence-corrected chi connectivity index (χ3v) is 4.56. The summed E-state index contributed by atoms with van der Waals surface area (Å²) in [7, 11) is 3.66. The second-order valence-electron chi connectivity index (χ2n) is 5.04. The Morgan fingerprint density at radius 2 is 2.18 bits per heavy atom. The fourth-order valence-corrected chi connectivity index (χ4v) is 3.49. The fourth-order valence-electron chi connectivity index (χ4n) is 2.15. The first-order valence-corrected chi connectivity index (χ1v) is 7.73. The topological polar surface area (TPSA) is 32.3 Å². The maximum atomic E-state index is 11.5. The number of rotatable bonds is 6. The van der Waals surface area contributed by atoms with Crippen LogP contribution in [0.4, 0.5) is 0 Å². The molecule has 0 aromatic heterocycles. The zero-order valence-electron chi connectivity index (χ0n) is 11.4. The summed E-state index contributed by atoms with van der Waals surface area (Å²) in [6.45, 7) is 3.33. The molecule has 0 aliphatic heterocycles. The lowest BCUT2D eigenvalue weighted by atomic mass is 9.95. The molecule has 0 aromatic carbocycles. The predicted octanol–water partition coefficient (Wildman–Crippen LogP) is 2.12. The largest absolute Gasteiger partial charge is 0.348 e. The van der Waals surface area contributed by atoms with E-state index >= 15 is 0 Å². The van der Waals surface area contributed by atoms with Crippen molar-refractivity contribution in [3.05, 3.63) is 0 Å². The van der Waals surface area contributed by atoms with Crippen LogP contribution in [0.5, 0.6) is 0 Å². The molecule has 0 aromatic rings. The van der Waals surface area contributed by atoms with Gasteiger partial charge in [0, 0.05) is 25.4 Å². The van der Waals surface area contributed by atoms with Crippen molar-refractivity contribution >= 4 is 17.7 Å². The van der Waals surface area contributed by atoms with Gasteiger partial charge in [-0.05, 0) is 32.2 Å². The molecule has 1 aliphatic carbocycles. The van der Waals surface area contributed by atoms with E-state index < -0.39 is 0 Å². The van der Waals surface area contributed by atoms with Crippen molar-refractivity contribution in [1.82, 2.24) is 10.2 Å². The fraction of sp³-hybridized carbons (Fsp3) is 0.923. The summed E-state index contributed by atoms with van der Waals surface area (Å²) in [6.07, 6.45) is 6.31. The lowest BCUT2D eigenvalue weighted by Gasteiger charge is -2.29. The van der Waals surface area contributed by atoms with Gasteiger partial charge in [0.15, 0.2) is 0 Å². The van der Waals surface area contributed by atoms with E-state index in [1.807, 2.05) is 25.9 Å². The number of hydrogen-bond acceptors (Lipinski definition) is 3. The number of nitrogens with one attached hydrogen (secondary N) is 1. The molecule has 17 heavy (non-hydrogen) atoms. The van der Waals surface area contributed by atoms with E-state index in [1.165, 1.54) is 32.1 Å². The monoisotopic (exact) mass is 258 g/mol. The highest BCUT2D eigenvalue weighted by Crippen LogP contribution is 2.28. The highest BCUT2D eigenvalue weighted by Gasteiger charge is 2.22. The number of hydrogen-bond donors (Lipinski definition) is 1. The average Bonchev–Trinajstić information content (AvgIpc) is 2.33. The third kappa shape index (κ3) is 5.77. The minimum atomic E-state index is 0.235. The van der Waals surface area contributed by atoms with E-state index in [2.05, 4.69) is 12.2 Å². The molecule has 1 fully saturated rings. The molecule has 1 aliphatic rings. The molecular weight excluding hydrogens is 232 g/mol. The number of carbonyl (C=O) groups excluding carboxylic acids is 1. The highest BCUT2D eigenvalue weighted by molar-refractivity contribution is 8.00. The van der Waals surface area contributed by atoms with Gasteiger partial charge < -0.3 is 10.2 Å².